The molecule has 1 aromatic carbocycles. The van der Waals surface area contributed by atoms with Crippen LogP contribution in [0.15, 0.2) is 24.3 Å². The maximum Gasteiger partial charge on any atom is 0.326 e. The number of esters is 2. The molecule has 0 aliphatic carbocycles. The molecule has 0 fully saturated rings. The Morgan fingerprint density at radius 1 is 1.04 bits per heavy atom. The Hall–Kier alpha value is -3.43. The molecule has 2 atom stereocenters. The zero-order chi connectivity index (χ0) is 21.4. The van der Waals surface area contributed by atoms with Crippen LogP contribution >= 0.6 is 0 Å². The normalized spacial score (nSPS) is 12.5. The summed E-state index contributed by atoms with van der Waals surface area (Å²) < 4.78 is 9.09. The standard InChI is InChI=1S/C18H22N2O8/c1-9(13(17(25)27-3)18(26)28-4)14(16(23)24)20-15(22)11-6-5-7-12(8-11)19-10(2)21/h5-9,13-14H,1-4H3,(H,19,21)(H,20,22)(H,23,24)/t9-,14+/m1/s1. The number of carbonyl (C=O) groups excluding carboxylic acids is 4. The summed E-state index contributed by atoms with van der Waals surface area (Å²) in [6.07, 6.45) is 0. The van der Waals surface area contributed by atoms with Gasteiger partial charge >= 0.3 is 17.9 Å². The van der Waals surface area contributed by atoms with Crippen molar-refractivity contribution in [1.29, 1.82) is 0 Å². The first-order chi connectivity index (χ1) is 13.1. The van der Waals surface area contributed by atoms with Gasteiger partial charge in [0, 0.05) is 24.1 Å². The molecule has 0 bridgehead atoms. The molecule has 1 rings (SSSR count). The fraction of sp³-hybridized carbons (Fsp3) is 0.389. The van der Waals surface area contributed by atoms with E-state index in [0.29, 0.717) is 5.69 Å². The third-order valence-corrected chi connectivity index (χ3v) is 3.96. The molecule has 10 nitrogen and oxygen atoms in total. The van der Waals surface area contributed by atoms with Crippen LogP contribution < -0.4 is 10.6 Å². The molecule has 10 heteroatoms. The Bertz CT molecular complexity index is 761. The highest BCUT2D eigenvalue weighted by molar-refractivity contribution is 6.00. The van der Waals surface area contributed by atoms with Gasteiger partial charge in [0.25, 0.3) is 5.91 Å². The summed E-state index contributed by atoms with van der Waals surface area (Å²) in [5, 5.41) is 14.3. The van der Waals surface area contributed by atoms with E-state index in [0.717, 1.165) is 14.2 Å². The number of methoxy groups -OCH3 is 2. The Labute approximate surface area is 161 Å². The minimum absolute atomic E-state index is 0.0809. The van der Waals surface area contributed by atoms with Gasteiger partial charge in [-0.3, -0.25) is 19.2 Å². The minimum Gasteiger partial charge on any atom is -0.480 e. The van der Waals surface area contributed by atoms with Crippen LogP contribution in [0.1, 0.15) is 24.2 Å². The van der Waals surface area contributed by atoms with Gasteiger partial charge in [-0.2, -0.15) is 0 Å². The van der Waals surface area contributed by atoms with Crippen molar-refractivity contribution < 1.29 is 38.6 Å². The predicted molar refractivity (Wildman–Crippen MR) is 96.3 cm³/mol. The van der Waals surface area contributed by atoms with Gasteiger partial charge in [0.15, 0.2) is 5.92 Å². The van der Waals surface area contributed by atoms with Crippen LogP contribution in [0.25, 0.3) is 0 Å². The van der Waals surface area contributed by atoms with Crippen molar-refractivity contribution in [3.8, 4) is 0 Å². The molecule has 2 amide bonds. The Balaban J connectivity index is 3.10. The van der Waals surface area contributed by atoms with Crippen LogP contribution in [-0.2, 0) is 28.7 Å². The van der Waals surface area contributed by atoms with E-state index in [9.17, 15) is 29.1 Å². The molecule has 1 aromatic rings. The second-order valence-corrected chi connectivity index (χ2v) is 5.93. The molecule has 0 heterocycles. The van der Waals surface area contributed by atoms with Crippen molar-refractivity contribution in [2.24, 2.45) is 11.8 Å². The van der Waals surface area contributed by atoms with E-state index >= 15 is 0 Å². The van der Waals surface area contributed by atoms with Crippen LogP contribution in [0.3, 0.4) is 0 Å². The summed E-state index contributed by atoms with van der Waals surface area (Å²) in [6, 6.07) is 4.26. The number of benzene rings is 1. The molecule has 152 valence electrons. The molecule has 0 aromatic heterocycles. The summed E-state index contributed by atoms with van der Waals surface area (Å²) in [5.41, 5.74) is 0.430. The summed E-state index contributed by atoms with van der Waals surface area (Å²) in [4.78, 5) is 59.1. The molecular weight excluding hydrogens is 372 g/mol. The monoisotopic (exact) mass is 394 g/mol. The first-order valence-corrected chi connectivity index (χ1v) is 8.19. The predicted octanol–water partition coefficient (Wildman–Crippen LogP) is 0.426. The zero-order valence-corrected chi connectivity index (χ0v) is 15.8. The van der Waals surface area contributed by atoms with E-state index in [2.05, 4.69) is 20.1 Å². The number of carbonyl (C=O) groups is 5. The average Bonchev–Trinajstić information content (AvgIpc) is 2.64. The molecule has 0 saturated carbocycles. The van der Waals surface area contributed by atoms with Crippen LogP contribution in [-0.4, -0.2) is 55.1 Å². The van der Waals surface area contributed by atoms with Crippen molar-refractivity contribution in [3.05, 3.63) is 29.8 Å². The lowest BCUT2D eigenvalue weighted by Gasteiger charge is -2.26. The van der Waals surface area contributed by atoms with E-state index < -0.39 is 41.7 Å². The van der Waals surface area contributed by atoms with E-state index in [-0.39, 0.29) is 11.5 Å². The summed E-state index contributed by atoms with van der Waals surface area (Å²) in [6.45, 7) is 2.61. The number of rotatable bonds is 8. The van der Waals surface area contributed by atoms with E-state index in [1.54, 1.807) is 6.07 Å². The lowest BCUT2D eigenvalue weighted by molar-refractivity contribution is -0.162. The summed E-state index contributed by atoms with van der Waals surface area (Å²) in [5.74, 6) is -7.22. The second-order valence-electron chi connectivity index (χ2n) is 5.93. The van der Waals surface area contributed by atoms with Gasteiger partial charge in [-0.15, -0.1) is 0 Å². The SMILES string of the molecule is COC(=O)C(C(=O)OC)[C@@H](C)[C@H](NC(=O)c1cccc(NC(C)=O)c1)C(=O)O. The summed E-state index contributed by atoms with van der Waals surface area (Å²) >= 11 is 0. The highest BCUT2D eigenvalue weighted by atomic mass is 16.5. The van der Waals surface area contributed by atoms with E-state index in [1.165, 1.54) is 32.0 Å². The van der Waals surface area contributed by atoms with Gasteiger partial charge in [0.05, 0.1) is 14.2 Å². The lowest BCUT2D eigenvalue weighted by Crippen LogP contribution is -2.50. The first kappa shape index (κ1) is 22.6. The number of ether oxygens (including phenoxy) is 2. The number of amides is 2. The largest absolute Gasteiger partial charge is 0.480 e. The minimum atomic E-state index is -1.58. The number of aliphatic carboxylic acids is 1. The van der Waals surface area contributed by atoms with Gasteiger partial charge in [0.1, 0.15) is 6.04 Å². The number of nitrogens with one attached hydrogen (secondary N) is 2. The zero-order valence-electron chi connectivity index (χ0n) is 15.8. The van der Waals surface area contributed by atoms with Gasteiger partial charge in [-0.05, 0) is 18.2 Å². The fourth-order valence-electron chi connectivity index (χ4n) is 2.56. The van der Waals surface area contributed by atoms with Crippen LogP contribution in [0.4, 0.5) is 5.69 Å². The number of hydrogen-bond donors (Lipinski definition) is 3. The van der Waals surface area contributed by atoms with Crippen molar-refractivity contribution in [1.82, 2.24) is 5.32 Å². The molecule has 0 radical (unpaired) electrons. The van der Waals surface area contributed by atoms with E-state index in [4.69, 9.17) is 0 Å². The quantitative estimate of drug-likeness (QED) is 0.424. The topological polar surface area (TPSA) is 148 Å². The molecule has 0 saturated heterocycles. The fourth-order valence-corrected chi connectivity index (χ4v) is 2.56. The van der Waals surface area contributed by atoms with Crippen LogP contribution in [0.2, 0.25) is 0 Å². The maximum atomic E-state index is 12.5. The lowest BCUT2D eigenvalue weighted by atomic mass is 9.87. The number of hydrogen-bond acceptors (Lipinski definition) is 7. The van der Waals surface area contributed by atoms with Crippen molar-refractivity contribution >= 4 is 35.4 Å². The van der Waals surface area contributed by atoms with Crippen LogP contribution in [0.5, 0.6) is 0 Å². The average molecular weight is 394 g/mol. The number of carboxylic acid groups (broad SMARTS) is 1. The third-order valence-electron chi connectivity index (χ3n) is 3.96. The Kier molecular flexibility index (Phi) is 8.11. The molecule has 0 aliphatic heterocycles. The highest BCUT2D eigenvalue weighted by Crippen LogP contribution is 2.20. The van der Waals surface area contributed by atoms with Gasteiger partial charge in [-0.25, -0.2) is 4.79 Å². The molecule has 0 aliphatic rings. The van der Waals surface area contributed by atoms with Crippen molar-refractivity contribution in [2.45, 2.75) is 19.9 Å². The molecule has 28 heavy (non-hydrogen) atoms. The van der Waals surface area contributed by atoms with Crippen molar-refractivity contribution in [2.75, 3.05) is 19.5 Å². The molecule has 3 N–H and O–H groups in total. The van der Waals surface area contributed by atoms with Gasteiger partial charge in [0.2, 0.25) is 5.91 Å². The number of anilines is 1. The highest BCUT2D eigenvalue weighted by Gasteiger charge is 2.42. The molecule has 0 unspecified atom stereocenters. The van der Waals surface area contributed by atoms with E-state index in [1.807, 2.05) is 0 Å². The molecule has 0 spiro atoms. The smallest absolute Gasteiger partial charge is 0.326 e. The van der Waals surface area contributed by atoms with Gasteiger partial charge < -0.3 is 25.2 Å². The third kappa shape index (κ3) is 5.79. The maximum absolute atomic E-state index is 12.5. The second kappa shape index (κ2) is 10.0. The molecular formula is C18H22N2O8. The Morgan fingerprint density at radius 3 is 2.07 bits per heavy atom. The first-order valence-electron chi connectivity index (χ1n) is 8.19. The van der Waals surface area contributed by atoms with Gasteiger partial charge in [-0.1, -0.05) is 13.0 Å². The van der Waals surface area contributed by atoms with Crippen LogP contribution in [0, 0.1) is 11.8 Å². The Morgan fingerprint density at radius 2 is 1.61 bits per heavy atom. The van der Waals surface area contributed by atoms with Crippen molar-refractivity contribution in [3.63, 3.8) is 0 Å². The number of carboxylic acids is 1. The summed E-state index contributed by atoms with van der Waals surface area (Å²) in [7, 11) is 2.10.